The zero-order valence-electron chi connectivity index (χ0n) is 24.9. The molecule has 1 aliphatic heterocycles. The van der Waals surface area contributed by atoms with Crippen molar-refractivity contribution in [3.8, 4) is 0 Å². The number of nitrogens with zero attached hydrogens (tertiary/aromatic N) is 5. The molecule has 45 heavy (non-hydrogen) atoms. The van der Waals surface area contributed by atoms with E-state index in [0.29, 0.717) is 42.2 Å². The van der Waals surface area contributed by atoms with Crippen molar-refractivity contribution >= 4 is 57.8 Å². The van der Waals surface area contributed by atoms with E-state index in [2.05, 4.69) is 15.2 Å². The minimum Gasteiger partial charge on any atom is -0.365 e. The highest BCUT2D eigenvalue weighted by Gasteiger charge is 2.34. The molecule has 4 N–H and O–H groups in total. The first-order valence-corrected chi connectivity index (χ1v) is 16.7. The van der Waals surface area contributed by atoms with Crippen LogP contribution >= 0.6 is 24.8 Å². The second kappa shape index (κ2) is 14.6. The summed E-state index contributed by atoms with van der Waals surface area (Å²) < 4.78 is 69.5. The second-order valence-corrected chi connectivity index (χ2v) is 14.1. The highest BCUT2D eigenvalue weighted by atomic mass is 35.5. The van der Waals surface area contributed by atoms with Gasteiger partial charge in [-0.2, -0.15) is 27.4 Å². The van der Waals surface area contributed by atoms with Gasteiger partial charge in [-0.1, -0.05) is 25.3 Å². The summed E-state index contributed by atoms with van der Waals surface area (Å²) in [5.41, 5.74) is 6.59. The molecule has 2 aromatic heterocycles. The normalized spacial score (nSPS) is 22.4. The predicted molar refractivity (Wildman–Crippen MR) is 173 cm³/mol. The Morgan fingerprint density at radius 3 is 2.20 bits per heavy atom. The number of alkyl halides is 3. The monoisotopic (exact) mass is 692 g/mol. The van der Waals surface area contributed by atoms with Gasteiger partial charge in [0.1, 0.15) is 0 Å². The summed E-state index contributed by atoms with van der Waals surface area (Å²) in [6.45, 7) is 0.350. The fourth-order valence-corrected chi connectivity index (χ4v) is 8.09. The number of nitrogens with one attached hydrogen (secondary N) is 2. The molecule has 0 unspecified atom stereocenters. The number of hydrogen-bond acceptors (Lipinski definition) is 8. The largest absolute Gasteiger partial charge is 0.416 e. The Balaban J connectivity index is 0.00000230. The van der Waals surface area contributed by atoms with Crippen molar-refractivity contribution in [2.45, 2.75) is 106 Å². The molecular formula is C29H41Cl2F3N8O2S. The van der Waals surface area contributed by atoms with Crippen LogP contribution < -0.4 is 16.4 Å². The Hall–Kier alpha value is -2.39. The number of aromatic nitrogens is 4. The quantitative estimate of drug-likeness (QED) is 0.269. The number of rotatable bonds is 7. The van der Waals surface area contributed by atoms with Crippen molar-refractivity contribution in [1.82, 2.24) is 23.8 Å². The molecule has 0 bridgehead atoms. The first kappa shape index (κ1) is 35.5. The predicted octanol–water partition coefficient (Wildman–Crippen LogP) is 6.14. The van der Waals surface area contributed by atoms with E-state index in [1.807, 2.05) is 6.33 Å². The lowest BCUT2D eigenvalue weighted by atomic mass is 9.92. The molecule has 2 saturated carbocycles. The maximum Gasteiger partial charge on any atom is 0.416 e. The molecule has 3 aliphatic rings. The highest BCUT2D eigenvalue weighted by molar-refractivity contribution is 7.89. The van der Waals surface area contributed by atoms with Crippen molar-refractivity contribution in [2.24, 2.45) is 5.73 Å². The molecule has 1 saturated heterocycles. The summed E-state index contributed by atoms with van der Waals surface area (Å²) in [6, 6.07) is 4.63. The first-order chi connectivity index (χ1) is 20.6. The zero-order chi connectivity index (χ0) is 30.2. The van der Waals surface area contributed by atoms with E-state index < -0.39 is 21.8 Å². The van der Waals surface area contributed by atoms with Crippen molar-refractivity contribution < 1.29 is 21.6 Å². The molecule has 0 amide bonds. The number of imidazole rings is 1. The topological polar surface area (TPSA) is 131 Å². The number of halogens is 5. The lowest BCUT2D eigenvalue weighted by molar-refractivity contribution is -0.137. The average Bonchev–Trinajstić information content (AvgIpc) is 3.43. The Bertz CT molecular complexity index is 1540. The van der Waals surface area contributed by atoms with E-state index >= 15 is 0 Å². The maximum atomic E-state index is 13.2. The molecule has 0 atom stereocenters. The number of sulfonamides is 1. The van der Waals surface area contributed by atoms with Crippen LogP contribution in [0.5, 0.6) is 0 Å². The van der Waals surface area contributed by atoms with Gasteiger partial charge in [0.2, 0.25) is 16.0 Å². The SMILES string of the molecule is Cl.Cl.NC1CCC(Nc2nc(NC3CCN(S(=O)(=O)c4cccc(C(F)(F)F)c4)CC3)c3ncn(C4CCCCC4)c3n2)CC1. The molecule has 250 valence electrons. The Kier molecular flexibility index (Phi) is 11.5. The molecule has 3 fully saturated rings. The minimum atomic E-state index is -4.62. The fourth-order valence-electron chi connectivity index (χ4n) is 6.57. The zero-order valence-corrected chi connectivity index (χ0v) is 27.3. The van der Waals surface area contributed by atoms with E-state index in [-0.39, 0.29) is 60.9 Å². The van der Waals surface area contributed by atoms with Gasteiger partial charge in [0.05, 0.1) is 16.8 Å². The van der Waals surface area contributed by atoms with Gasteiger partial charge in [0.25, 0.3) is 0 Å². The number of benzene rings is 1. The molecule has 1 aromatic carbocycles. The van der Waals surface area contributed by atoms with Crippen LogP contribution in [0.15, 0.2) is 35.5 Å². The summed E-state index contributed by atoms with van der Waals surface area (Å²) in [4.78, 5) is 14.1. The van der Waals surface area contributed by atoms with Crippen LogP contribution in [-0.2, 0) is 16.2 Å². The third kappa shape index (κ3) is 7.95. The van der Waals surface area contributed by atoms with Gasteiger partial charge >= 0.3 is 6.18 Å². The van der Waals surface area contributed by atoms with Gasteiger partial charge in [0.15, 0.2) is 17.0 Å². The number of hydrogen-bond donors (Lipinski definition) is 3. The number of nitrogens with two attached hydrogens (primary N) is 1. The average molecular weight is 694 g/mol. The molecule has 0 spiro atoms. The first-order valence-electron chi connectivity index (χ1n) is 15.3. The summed E-state index contributed by atoms with van der Waals surface area (Å²) in [7, 11) is -4.07. The van der Waals surface area contributed by atoms with Crippen LogP contribution in [0.2, 0.25) is 0 Å². The van der Waals surface area contributed by atoms with E-state index in [1.165, 1.54) is 29.6 Å². The lowest BCUT2D eigenvalue weighted by Crippen LogP contribution is -2.42. The fraction of sp³-hybridized carbons (Fsp3) is 0.621. The summed E-state index contributed by atoms with van der Waals surface area (Å²) in [6.07, 6.45) is 7.74. The van der Waals surface area contributed by atoms with E-state index in [0.717, 1.165) is 56.3 Å². The van der Waals surface area contributed by atoms with Gasteiger partial charge in [-0.05, 0) is 69.6 Å². The molecule has 0 radical (unpaired) electrons. The Morgan fingerprint density at radius 1 is 0.867 bits per heavy atom. The Morgan fingerprint density at radius 2 is 1.53 bits per heavy atom. The maximum absolute atomic E-state index is 13.2. The summed E-state index contributed by atoms with van der Waals surface area (Å²) in [5, 5.41) is 7.03. The molecular weight excluding hydrogens is 652 g/mol. The van der Waals surface area contributed by atoms with E-state index in [1.54, 1.807) is 0 Å². The van der Waals surface area contributed by atoms with E-state index in [9.17, 15) is 21.6 Å². The van der Waals surface area contributed by atoms with Crippen LogP contribution in [0.3, 0.4) is 0 Å². The van der Waals surface area contributed by atoms with Gasteiger partial charge in [-0.3, -0.25) is 0 Å². The van der Waals surface area contributed by atoms with E-state index in [4.69, 9.17) is 20.7 Å². The van der Waals surface area contributed by atoms with Gasteiger partial charge in [-0.25, -0.2) is 13.4 Å². The van der Waals surface area contributed by atoms with Crippen molar-refractivity contribution in [2.75, 3.05) is 23.7 Å². The van der Waals surface area contributed by atoms with Crippen LogP contribution in [0.4, 0.5) is 24.9 Å². The molecule has 16 heteroatoms. The van der Waals surface area contributed by atoms with Crippen molar-refractivity contribution in [3.05, 3.63) is 36.2 Å². The second-order valence-electron chi connectivity index (χ2n) is 12.1. The number of anilines is 2. The summed E-state index contributed by atoms with van der Waals surface area (Å²) in [5.74, 6) is 1.14. The van der Waals surface area contributed by atoms with Crippen LogP contribution in [0, 0.1) is 0 Å². The third-order valence-electron chi connectivity index (χ3n) is 9.09. The minimum absolute atomic E-state index is 0. The Labute approximate surface area is 274 Å². The highest BCUT2D eigenvalue weighted by Crippen LogP contribution is 2.34. The molecule has 3 aromatic rings. The number of fused-ring (bicyclic) bond motifs is 1. The van der Waals surface area contributed by atoms with Crippen molar-refractivity contribution in [1.29, 1.82) is 0 Å². The van der Waals surface area contributed by atoms with Gasteiger partial charge in [-0.15, -0.1) is 24.8 Å². The molecule has 6 rings (SSSR count). The summed E-state index contributed by atoms with van der Waals surface area (Å²) >= 11 is 0. The number of piperidine rings is 1. The third-order valence-corrected chi connectivity index (χ3v) is 11.0. The van der Waals surface area contributed by atoms with Crippen LogP contribution in [0.25, 0.3) is 11.2 Å². The lowest BCUT2D eigenvalue weighted by Gasteiger charge is -2.32. The van der Waals surface area contributed by atoms with Crippen LogP contribution in [-0.4, -0.2) is 63.5 Å². The van der Waals surface area contributed by atoms with Gasteiger partial charge < -0.3 is 20.9 Å². The van der Waals surface area contributed by atoms with Crippen molar-refractivity contribution in [3.63, 3.8) is 0 Å². The molecule has 10 nitrogen and oxygen atoms in total. The molecule has 2 aliphatic carbocycles. The van der Waals surface area contributed by atoms with Gasteiger partial charge in [0, 0.05) is 37.3 Å². The molecule has 3 heterocycles. The smallest absolute Gasteiger partial charge is 0.365 e. The van der Waals surface area contributed by atoms with Crippen LogP contribution in [0.1, 0.15) is 82.2 Å². The standard InChI is InChI=1S/C29H39F3N8O2S.2ClH/c30-29(31,32)19-5-4-8-24(17-19)43(41,42)39-15-13-22(14-16-39)35-26-25-27(40(18-34-25)23-6-2-1-3-7-23)38-28(37-26)36-21-11-9-20(33)10-12-21;;/h4-5,8,17-18,20-23H,1-3,6-7,9-16,33H2,(H2,35,36,37,38);2*1H.